The lowest BCUT2D eigenvalue weighted by molar-refractivity contribution is 0.102. The molecule has 1 amide bonds. The monoisotopic (exact) mass is 341 g/mol. The highest BCUT2D eigenvalue weighted by molar-refractivity contribution is 9.10. The molecule has 0 spiro atoms. The Balaban J connectivity index is 1.99. The van der Waals surface area contributed by atoms with Crippen molar-refractivity contribution in [1.82, 2.24) is 9.97 Å². The van der Waals surface area contributed by atoms with Crippen molar-refractivity contribution >= 4 is 38.4 Å². The number of nitrogens with zero attached hydrogens (tertiary/aromatic N) is 2. The highest BCUT2D eigenvalue weighted by Gasteiger charge is 2.11. The van der Waals surface area contributed by atoms with Crippen molar-refractivity contribution in [2.45, 2.75) is 6.92 Å². The summed E-state index contributed by atoms with van der Waals surface area (Å²) in [6.07, 6.45) is 1.75. The van der Waals surface area contributed by atoms with E-state index in [2.05, 4.69) is 31.2 Å². The van der Waals surface area contributed by atoms with E-state index in [1.807, 2.05) is 31.2 Å². The van der Waals surface area contributed by atoms with E-state index in [4.69, 9.17) is 0 Å². The standard InChI is InChI=1S/C16H12BrN3O/c1-10-7-8-12(11-4-3-9-18-15(10)11)20-16(21)13-5-2-6-14(17)19-13/h2-9H,1H3,(H,20,21). The van der Waals surface area contributed by atoms with Crippen LogP contribution < -0.4 is 5.32 Å². The average molecular weight is 342 g/mol. The third kappa shape index (κ3) is 2.78. The zero-order chi connectivity index (χ0) is 14.8. The van der Waals surface area contributed by atoms with E-state index >= 15 is 0 Å². The number of anilines is 1. The lowest BCUT2D eigenvalue weighted by Crippen LogP contribution is -2.14. The lowest BCUT2D eigenvalue weighted by Gasteiger charge is -2.09. The molecule has 3 aromatic rings. The topological polar surface area (TPSA) is 54.9 Å². The van der Waals surface area contributed by atoms with Crippen LogP contribution in [0, 0.1) is 6.92 Å². The van der Waals surface area contributed by atoms with Crippen LogP contribution in [-0.4, -0.2) is 15.9 Å². The van der Waals surface area contributed by atoms with Crippen LogP contribution in [0.1, 0.15) is 16.1 Å². The van der Waals surface area contributed by atoms with Gasteiger partial charge in [0.25, 0.3) is 5.91 Å². The smallest absolute Gasteiger partial charge is 0.274 e. The molecule has 0 saturated carbocycles. The highest BCUT2D eigenvalue weighted by atomic mass is 79.9. The summed E-state index contributed by atoms with van der Waals surface area (Å²) in [5, 5.41) is 3.81. The average Bonchev–Trinajstić information content (AvgIpc) is 2.50. The summed E-state index contributed by atoms with van der Waals surface area (Å²) in [5.41, 5.74) is 3.05. The fraction of sp³-hybridized carbons (Fsp3) is 0.0625. The molecule has 1 aromatic carbocycles. The molecule has 2 heterocycles. The van der Waals surface area contributed by atoms with E-state index in [0.29, 0.717) is 10.3 Å². The van der Waals surface area contributed by atoms with Crippen LogP contribution in [0.15, 0.2) is 53.3 Å². The van der Waals surface area contributed by atoms with E-state index in [9.17, 15) is 4.79 Å². The fourth-order valence-corrected chi connectivity index (χ4v) is 2.49. The van der Waals surface area contributed by atoms with Crippen LogP contribution in [0.4, 0.5) is 5.69 Å². The van der Waals surface area contributed by atoms with E-state index in [0.717, 1.165) is 22.2 Å². The van der Waals surface area contributed by atoms with Gasteiger partial charge in [0, 0.05) is 11.6 Å². The Kier molecular flexibility index (Phi) is 3.66. The van der Waals surface area contributed by atoms with Gasteiger partial charge in [0.15, 0.2) is 0 Å². The van der Waals surface area contributed by atoms with Crippen LogP contribution in [0.5, 0.6) is 0 Å². The van der Waals surface area contributed by atoms with E-state index in [1.165, 1.54) is 0 Å². The van der Waals surface area contributed by atoms with Gasteiger partial charge in [0.2, 0.25) is 0 Å². The number of hydrogen-bond donors (Lipinski definition) is 1. The summed E-state index contributed by atoms with van der Waals surface area (Å²) in [7, 11) is 0. The molecular formula is C16H12BrN3O. The van der Waals surface area contributed by atoms with Crippen molar-refractivity contribution < 1.29 is 4.79 Å². The number of pyridine rings is 2. The van der Waals surface area contributed by atoms with Crippen molar-refractivity contribution in [1.29, 1.82) is 0 Å². The van der Waals surface area contributed by atoms with Gasteiger partial charge in [0.1, 0.15) is 10.3 Å². The summed E-state index contributed by atoms with van der Waals surface area (Å²) in [6, 6.07) is 12.9. The third-order valence-electron chi connectivity index (χ3n) is 3.17. The molecule has 0 bridgehead atoms. The van der Waals surface area contributed by atoms with Crippen molar-refractivity contribution in [3.05, 3.63) is 64.5 Å². The molecule has 0 unspecified atom stereocenters. The summed E-state index contributed by atoms with van der Waals surface area (Å²) >= 11 is 3.26. The van der Waals surface area contributed by atoms with Gasteiger partial charge in [-0.05, 0) is 58.7 Å². The van der Waals surface area contributed by atoms with Crippen LogP contribution in [-0.2, 0) is 0 Å². The Labute approximate surface area is 130 Å². The number of carbonyl (C=O) groups is 1. The number of halogens is 1. The maximum Gasteiger partial charge on any atom is 0.274 e. The minimum absolute atomic E-state index is 0.245. The number of carbonyl (C=O) groups excluding carboxylic acids is 1. The van der Waals surface area contributed by atoms with Gasteiger partial charge in [-0.3, -0.25) is 9.78 Å². The van der Waals surface area contributed by atoms with Crippen LogP contribution in [0.3, 0.4) is 0 Å². The Morgan fingerprint density at radius 1 is 1.14 bits per heavy atom. The molecule has 2 aromatic heterocycles. The second-order valence-electron chi connectivity index (χ2n) is 4.63. The molecule has 0 aliphatic carbocycles. The zero-order valence-corrected chi connectivity index (χ0v) is 12.9. The summed E-state index contributed by atoms with van der Waals surface area (Å²) in [4.78, 5) is 20.8. The molecule has 0 aliphatic heterocycles. The first-order chi connectivity index (χ1) is 10.1. The minimum Gasteiger partial charge on any atom is -0.320 e. The summed E-state index contributed by atoms with van der Waals surface area (Å²) < 4.78 is 0.630. The Morgan fingerprint density at radius 2 is 2.00 bits per heavy atom. The quantitative estimate of drug-likeness (QED) is 0.718. The molecule has 0 radical (unpaired) electrons. The largest absolute Gasteiger partial charge is 0.320 e. The van der Waals surface area contributed by atoms with Gasteiger partial charge in [-0.15, -0.1) is 0 Å². The number of fused-ring (bicyclic) bond motifs is 1. The molecule has 1 N–H and O–H groups in total. The van der Waals surface area contributed by atoms with Crippen molar-refractivity contribution in [2.75, 3.05) is 5.32 Å². The molecule has 3 rings (SSSR count). The van der Waals surface area contributed by atoms with Crippen LogP contribution in [0.25, 0.3) is 10.9 Å². The zero-order valence-electron chi connectivity index (χ0n) is 11.3. The molecule has 0 fully saturated rings. The fourth-order valence-electron chi connectivity index (χ4n) is 2.14. The number of hydrogen-bond acceptors (Lipinski definition) is 3. The first-order valence-corrected chi connectivity index (χ1v) is 7.23. The summed E-state index contributed by atoms with van der Waals surface area (Å²) in [5.74, 6) is -0.245. The van der Waals surface area contributed by atoms with Crippen molar-refractivity contribution in [3.8, 4) is 0 Å². The normalized spacial score (nSPS) is 10.6. The molecular weight excluding hydrogens is 330 g/mol. The Bertz CT molecular complexity index is 833. The SMILES string of the molecule is Cc1ccc(NC(=O)c2cccc(Br)n2)c2cccnc12. The van der Waals surface area contributed by atoms with Gasteiger partial charge in [-0.25, -0.2) is 4.98 Å². The second kappa shape index (κ2) is 5.61. The maximum atomic E-state index is 12.3. The number of aryl methyl sites for hydroxylation is 1. The van der Waals surface area contributed by atoms with E-state index in [1.54, 1.807) is 24.4 Å². The van der Waals surface area contributed by atoms with Crippen LogP contribution >= 0.6 is 15.9 Å². The van der Waals surface area contributed by atoms with E-state index in [-0.39, 0.29) is 5.91 Å². The van der Waals surface area contributed by atoms with Crippen molar-refractivity contribution in [2.24, 2.45) is 0 Å². The van der Waals surface area contributed by atoms with Gasteiger partial charge in [-0.1, -0.05) is 12.1 Å². The van der Waals surface area contributed by atoms with Gasteiger partial charge < -0.3 is 5.32 Å². The van der Waals surface area contributed by atoms with E-state index < -0.39 is 0 Å². The molecule has 0 saturated heterocycles. The van der Waals surface area contributed by atoms with Gasteiger partial charge in [0.05, 0.1) is 11.2 Å². The Hall–Kier alpha value is -2.27. The van der Waals surface area contributed by atoms with Gasteiger partial charge in [-0.2, -0.15) is 0 Å². The maximum absolute atomic E-state index is 12.3. The number of nitrogens with one attached hydrogen (secondary N) is 1. The molecule has 104 valence electrons. The van der Waals surface area contributed by atoms with Crippen molar-refractivity contribution in [3.63, 3.8) is 0 Å². The third-order valence-corrected chi connectivity index (χ3v) is 3.61. The molecule has 0 atom stereocenters. The van der Waals surface area contributed by atoms with Gasteiger partial charge >= 0.3 is 0 Å². The number of rotatable bonds is 2. The van der Waals surface area contributed by atoms with Crippen LogP contribution in [0.2, 0.25) is 0 Å². The number of benzene rings is 1. The summed E-state index contributed by atoms with van der Waals surface area (Å²) in [6.45, 7) is 2.00. The molecule has 5 heteroatoms. The predicted octanol–water partition coefficient (Wildman–Crippen LogP) is 3.95. The molecule has 21 heavy (non-hydrogen) atoms. The molecule has 4 nitrogen and oxygen atoms in total. The highest BCUT2D eigenvalue weighted by Crippen LogP contribution is 2.24. The Morgan fingerprint density at radius 3 is 2.81 bits per heavy atom. The minimum atomic E-state index is -0.245. The molecule has 0 aliphatic rings. The first-order valence-electron chi connectivity index (χ1n) is 6.43. The first kappa shape index (κ1) is 13.7. The predicted molar refractivity (Wildman–Crippen MR) is 86.4 cm³/mol. The lowest BCUT2D eigenvalue weighted by atomic mass is 10.1. The number of amides is 1. The second-order valence-corrected chi connectivity index (χ2v) is 5.44. The number of aromatic nitrogens is 2.